The lowest BCUT2D eigenvalue weighted by Crippen LogP contribution is -1.73. The van der Waals surface area contributed by atoms with Crippen LogP contribution in [0, 0.1) is 0 Å². The average Bonchev–Trinajstić information content (AvgIpc) is 2.14. The molecule has 0 spiro atoms. The van der Waals surface area contributed by atoms with Crippen molar-refractivity contribution in [3.05, 3.63) is 18.0 Å². The van der Waals surface area contributed by atoms with Gasteiger partial charge >= 0.3 is 0 Å². The first-order valence-electron chi connectivity index (χ1n) is 2.32. The van der Waals surface area contributed by atoms with Crippen molar-refractivity contribution in [2.45, 2.75) is 6.92 Å². The van der Waals surface area contributed by atoms with Gasteiger partial charge in [0.05, 0.1) is 6.21 Å². The van der Waals surface area contributed by atoms with Crippen molar-refractivity contribution in [2.24, 2.45) is 9.98 Å². The van der Waals surface area contributed by atoms with Gasteiger partial charge in [0.2, 0.25) is 0 Å². The summed E-state index contributed by atoms with van der Waals surface area (Å²) in [5, 5.41) is 0. The summed E-state index contributed by atoms with van der Waals surface area (Å²) in [6.45, 7) is 5.25. The average molecular weight is 106 g/mol. The van der Waals surface area contributed by atoms with Gasteiger partial charge in [-0.05, 0) is 6.92 Å². The van der Waals surface area contributed by atoms with Crippen molar-refractivity contribution in [2.75, 3.05) is 0 Å². The van der Waals surface area contributed by atoms with Gasteiger partial charge in [0, 0.05) is 0 Å². The number of hydrogen-bond acceptors (Lipinski definition) is 2. The Morgan fingerprint density at radius 3 is 2.75 bits per heavy atom. The standard InChI is InChI=1S/C6H6N2/c1-3-6-4-7-5(2)8-6/h4H,1H2,2H3. The van der Waals surface area contributed by atoms with Crippen LogP contribution in [0.25, 0.3) is 0 Å². The number of hydrogen-bond donors (Lipinski definition) is 0. The molecule has 0 aromatic carbocycles. The molecule has 0 saturated carbocycles. The second-order valence-electron chi connectivity index (χ2n) is 1.48. The van der Waals surface area contributed by atoms with Crippen molar-refractivity contribution in [1.29, 1.82) is 0 Å². The fraction of sp³-hybridized carbons (Fsp3) is 0.167. The highest BCUT2D eigenvalue weighted by Crippen LogP contribution is 1.98. The molecule has 0 unspecified atom stereocenters. The summed E-state index contributed by atoms with van der Waals surface area (Å²) < 4.78 is 0. The van der Waals surface area contributed by atoms with Gasteiger partial charge in [0.25, 0.3) is 0 Å². The summed E-state index contributed by atoms with van der Waals surface area (Å²) in [6, 6.07) is 0. The number of amidine groups is 1. The van der Waals surface area contributed by atoms with Crippen LogP contribution in [0.5, 0.6) is 0 Å². The first-order valence-corrected chi connectivity index (χ1v) is 2.32. The van der Waals surface area contributed by atoms with E-state index in [2.05, 4.69) is 22.3 Å². The van der Waals surface area contributed by atoms with E-state index in [4.69, 9.17) is 0 Å². The van der Waals surface area contributed by atoms with E-state index in [1.54, 1.807) is 6.21 Å². The predicted molar refractivity (Wildman–Crippen MR) is 34.3 cm³/mol. The molecule has 0 radical (unpaired) electrons. The third-order valence-electron chi connectivity index (χ3n) is 0.837. The highest BCUT2D eigenvalue weighted by Gasteiger charge is 1.95. The molecule has 40 valence electrons. The highest BCUT2D eigenvalue weighted by atomic mass is 15.0. The van der Waals surface area contributed by atoms with Gasteiger partial charge in [-0.25, -0.2) is 9.98 Å². The molecule has 0 aliphatic carbocycles. The van der Waals surface area contributed by atoms with E-state index >= 15 is 0 Å². The zero-order chi connectivity index (χ0) is 5.98. The van der Waals surface area contributed by atoms with Crippen LogP contribution in [0.2, 0.25) is 0 Å². The van der Waals surface area contributed by atoms with E-state index in [9.17, 15) is 0 Å². The molecular weight excluding hydrogens is 100 g/mol. The van der Waals surface area contributed by atoms with Crippen molar-refractivity contribution in [3.8, 4) is 0 Å². The Labute approximate surface area is 48.0 Å². The van der Waals surface area contributed by atoms with E-state index in [-0.39, 0.29) is 0 Å². The van der Waals surface area contributed by atoms with E-state index < -0.39 is 0 Å². The second kappa shape index (κ2) is 1.76. The van der Waals surface area contributed by atoms with Crippen LogP contribution in [0.3, 0.4) is 0 Å². The van der Waals surface area contributed by atoms with Crippen LogP contribution in [-0.4, -0.2) is 12.1 Å². The lowest BCUT2D eigenvalue weighted by molar-refractivity contribution is 1.49. The fourth-order valence-electron chi connectivity index (χ4n) is 0.472. The highest BCUT2D eigenvalue weighted by molar-refractivity contribution is 6.00. The van der Waals surface area contributed by atoms with E-state index in [1.807, 2.05) is 6.92 Å². The predicted octanol–water partition coefficient (Wildman–Crippen LogP) is 1.16. The minimum absolute atomic E-state index is 0.725. The quantitative estimate of drug-likeness (QED) is 0.414. The zero-order valence-corrected chi connectivity index (χ0v) is 4.68. The Hall–Kier alpha value is -1.14. The molecular formula is C6H6N2. The van der Waals surface area contributed by atoms with E-state index in [0.717, 1.165) is 11.5 Å². The number of rotatable bonds is 0. The third-order valence-corrected chi connectivity index (χ3v) is 0.837. The van der Waals surface area contributed by atoms with Crippen molar-refractivity contribution in [3.63, 3.8) is 0 Å². The van der Waals surface area contributed by atoms with Gasteiger partial charge in [-0.1, -0.05) is 12.3 Å². The van der Waals surface area contributed by atoms with Crippen LogP contribution in [-0.2, 0) is 0 Å². The lowest BCUT2D eigenvalue weighted by atomic mass is 10.5. The van der Waals surface area contributed by atoms with Crippen LogP contribution >= 0.6 is 0 Å². The molecule has 2 heteroatoms. The third kappa shape index (κ3) is 0.745. The fourth-order valence-corrected chi connectivity index (χ4v) is 0.472. The molecule has 2 nitrogen and oxygen atoms in total. The van der Waals surface area contributed by atoms with Crippen LogP contribution in [0.4, 0.5) is 0 Å². The smallest absolute Gasteiger partial charge is 0.126 e. The lowest BCUT2D eigenvalue weighted by Gasteiger charge is -1.74. The van der Waals surface area contributed by atoms with Gasteiger partial charge in [0.1, 0.15) is 11.5 Å². The zero-order valence-electron chi connectivity index (χ0n) is 4.68. The van der Waals surface area contributed by atoms with Gasteiger partial charge in [-0.15, -0.1) is 0 Å². The van der Waals surface area contributed by atoms with Gasteiger partial charge in [-0.3, -0.25) is 0 Å². The molecule has 0 bridgehead atoms. The molecule has 0 saturated heterocycles. The number of allylic oxidation sites excluding steroid dienone is 1. The van der Waals surface area contributed by atoms with Crippen molar-refractivity contribution in [1.82, 2.24) is 0 Å². The van der Waals surface area contributed by atoms with Crippen molar-refractivity contribution < 1.29 is 0 Å². The van der Waals surface area contributed by atoms with Crippen LogP contribution in [0.1, 0.15) is 6.92 Å². The monoisotopic (exact) mass is 106 g/mol. The molecule has 1 aliphatic rings. The Morgan fingerprint density at radius 2 is 2.50 bits per heavy atom. The SMILES string of the molecule is C=C=C1C=NC(C)=N1. The molecule has 1 heterocycles. The van der Waals surface area contributed by atoms with Gasteiger partial charge in [0.15, 0.2) is 0 Å². The summed E-state index contributed by atoms with van der Waals surface area (Å²) in [5.74, 6) is 0.774. The summed E-state index contributed by atoms with van der Waals surface area (Å²) in [6.07, 6.45) is 1.64. The maximum Gasteiger partial charge on any atom is 0.126 e. The molecule has 8 heavy (non-hydrogen) atoms. The summed E-state index contributed by atoms with van der Waals surface area (Å²) in [7, 11) is 0. The minimum atomic E-state index is 0.725. The molecule has 1 rings (SSSR count). The Kier molecular flexibility index (Phi) is 1.10. The molecule has 0 amide bonds. The molecule has 0 fully saturated rings. The normalized spacial score (nSPS) is 16.1. The largest absolute Gasteiger partial charge is 0.239 e. The summed E-state index contributed by atoms with van der Waals surface area (Å²) in [4.78, 5) is 7.82. The topological polar surface area (TPSA) is 24.7 Å². The van der Waals surface area contributed by atoms with Crippen LogP contribution in [0.15, 0.2) is 28.0 Å². The molecule has 0 aromatic heterocycles. The molecule has 1 aliphatic heterocycles. The summed E-state index contributed by atoms with van der Waals surface area (Å²) in [5.41, 5.74) is 3.35. The molecule has 0 atom stereocenters. The Morgan fingerprint density at radius 1 is 1.75 bits per heavy atom. The van der Waals surface area contributed by atoms with Gasteiger partial charge in [-0.2, -0.15) is 0 Å². The van der Waals surface area contributed by atoms with Crippen molar-refractivity contribution >= 4 is 12.1 Å². The maximum atomic E-state index is 3.94. The first kappa shape index (κ1) is 5.01. The van der Waals surface area contributed by atoms with E-state index in [1.165, 1.54) is 0 Å². The maximum absolute atomic E-state index is 3.94. The molecule has 0 N–H and O–H groups in total. The number of nitrogens with zero attached hydrogens (tertiary/aromatic N) is 2. The Bertz CT molecular complexity index is 205. The van der Waals surface area contributed by atoms with Crippen LogP contribution < -0.4 is 0 Å². The number of aliphatic imine (C=N–C) groups is 2. The first-order chi connectivity index (χ1) is 3.83. The Balaban J connectivity index is 3.01. The minimum Gasteiger partial charge on any atom is -0.239 e. The van der Waals surface area contributed by atoms with E-state index in [0.29, 0.717) is 0 Å². The summed E-state index contributed by atoms with van der Waals surface area (Å²) >= 11 is 0. The van der Waals surface area contributed by atoms with Gasteiger partial charge < -0.3 is 0 Å². The second-order valence-corrected chi connectivity index (χ2v) is 1.48. The molecule has 0 aromatic rings.